The number of carbonyl (C=O) groups is 1. The van der Waals surface area contributed by atoms with E-state index in [-0.39, 0.29) is 0 Å². The fourth-order valence-corrected chi connectivity index (χ4v) is 3.02. The van der Waals surface area contributed by atoms with Crippen LogP contribution < -0.4 is 5.32 Å². The molecule has 0 atom stereocenters. The predicted octanol–water partition coefficient (Wildman–Crippen LogP) is 4.02. The highest BCUT2D eigenvalue weighted by atomic mass is 32.2. The summed E-state index contributed by atoms with van der Waals surface area (Å²) in [5.74, 6) is 0. The van der Waals surface area contributed by atoms with Crippen molar-refractivity contribution in [2.45, 2.75) is 16.7 Å². The number of aryl methyl sites for hydroxylation is 1. The third kappa shape index (κ3) is 1.83. The van der Waals surface area contributed by atoms with Gasteiger partial charge in [0.05, 0.1) is 11.4 Å². The topological polar surface area (TPSA) is 29.1 Å². The van der Waals surface area contributed by atoms with Crippen molar-refractivity contribution in [2.24, 2.45) is 0 Å². The highest BCUT2D eigenvalue weighted by Gasteiger charge is 2.15. The second-order valence-corrected chi connectivity index (χ2v) is 5.18. The monoisotopic (exact) mass is 241 g/mol. The molecule has 0 fully saturated rings. The van der Waals surface area contributed by atoms with Crippen LogP contribution in [0.2, 0.25) is 0 Å². The second kappa shape index (κ2) is 3.93. The molecule has 3 rings (SSSR count). The van der Waals surface area contributed by atoms with Gasteiger partial charge < -0.3 is 5.32 Å². The fraction of sp³-hybridized carbons (Fsp3) is 0.0714. The molecule has 0 unspecified atom stereocenters. The van der Waals surface area contributed by atoms with Crippen LogP contribution >= 0.6 is 11.8 Å². The largest absolute Gasteiger partial charge is 0.354 e. The molecule has 0 aliphatic carbocycles. The second-order valence-electron chi connectivity index (χ2n) is 4.10. The van der Waals surface area contributed by atoms with Gasteiger partial charge in [-0.05, 0) is 42.8 Å². The molecule has 0 aromatic heterocycles. The van der Waals surface area contributed by atoms with Crippen molar-refractivity contribution >= 4 is 29.4 Å². The van der Waals surface area contributed by atoms with Crippen LogP contribution in [0, 0.1) is 6.92 Å². The van der Waals surface area contributed by atoms with Gasteiger partial charge in [0.15, 0.2) is 0 Å². The lowest BCUT2D eigenvalue weighted by Gasteiger charge is -2.21. The average Bonchev–Trinajstić information content (AvgIpc) is 2.35. The van der Waals surface area contributed by atoms with E-state index in [0.29, 0.717) is 5.56 Å². The van der Waals surface area contributed by atoms with Crippen molar-refractivity contribution in [3.05, 3.63) is 47.5 Å². The average molecular weight is 241 g/mol. The minimum atomic E-state index is 0.717. The molecule has 1 heterocycles. The van der Waals surface area contributed by atoms with E-state index >= 15 is 0 Å². The van der Waals surface area contributed by atoms with E-state index in [4.69, 9.17) is 0 Å². The van der Waals surface area contributed by atoms with Crippen molar-refractivity contribution < 1.29 is 4.79 Å². The lowest BCUT2D eigenvalue weighted by atomic mass is 10.2. The molecule has 2 nitrogen and oxygen atoms in total. The van der Waals surface area contributed by atoms with Gasteiger partial charge in [-0.15, -0.1) is 0 Å². The van der Waals surface area contributed by atoms with Crippen molar-refractivity contribution in [1.82, 2.24) is 0 Å². The van der Waals surface area contributed by atoms with Crippen LogP contribution in [0.4, 0.5) is 11.4 Å². The van der Waals surface area contributed by atoms with Gasteiger partial charge >= 0.3 is 0 Å². The summed E-state index contributed by atoms with van der Waals surface area (Å²) in [5.41, 5.74) is 4.16. The van der Waals surface area contributed by atoms with Crippen molar-refractivity contribution in [3.63, 3.8) is 0 Å². The zero-order valence-corrected chi connectivity index (χ0v) is 10.2. The molecule has 0 spiro atoms. The van der Waals surface area contributed by atoms with Crippen molar-refractivity contribution in [3.8, 4) is 0 Å². The Morgan fingerprint density at radius 2 is 1.76 bits per heavy atom. The summed E-state index contributed by atoms with van der Waals surface area (Å²) in [6.07, 6.45) is 0.882. The molecule has 1 aliphatic heterocycles. The standard InChI is InChI=1S/C14H11NOS/c1-9-2-4-11-13(6-9)17-14-7-10(8-16)3-5-12(14)15-11/h2-8,15H,1H3. The molecule has 3 heteroatoms. The van der Waals surface area contributed by atoms with Gasteiger partial charge in [0.25, 0.3) is 0 Å². The third-order valence-corrected chi connectivity index (χ3v) is 3.88. The van der Waals surface area contributed by atoms with Gasteiger partial charge in [-0.3, -0.25) is 4.79 Å². The van der Waals surface area contributed by atoms with Crippen LogP contribution in [0.25, 0.3) is 0 Å². The van der Waals surface area contributed by atoms with Gasteiger partial charge in [-0.2, -0.15) is 0 Å². The number of carbonyl (C=O) groups excluding carboxylic acids is 1. The van der Waals surface area contributed by atoms with E-state index in [1.54, 1.807) is 11.8 Å². The Labute approximate surface area is 104 Å². The quantitative estimate of drug-likeness (QED) is 0.652. The number of fused-ring (bicyclic) bond motifs is 2. The molecule has 0 bridgehead atoms. The number of anilines is 2. The maximum absolute atomic E-state index is 10.8. The van der Waals surface area contributed by atoms with Crippen LogP contribution in [0.5, 0.6) is 0 Å². The van der Waals surface area contributed by atoms with E-state index < -0.39 is 0 Å². The molecule has 2 aromatic rings. The SMILES string of the molecule is Cc1ccc2c(c1)Sc1cc(C=O)ccc1N2. The molecule has 1 N–H and O–H groups in total. The normalized spacial score (nSPS) is 12.3. The van der Waals surface area contributed by atoms with Crippen LogP contribution in [-0.4, -0.2) is 6.29 Å². The number of hydrogen-bond acceptors (Lipinski definition) is 3. The first-order valence-electron chi connectivity index (χ1n) is 5.41. The Morgan fingerprint density at radius 3 is 2.53 bits per heavy atom. The number of hydrogen-bond donors (Lipinski definition) is 1. The Kier molecular flexibility index (Phi) is 2.41. The first-order valence-corrected chi connectivity index (χ1v) is 6.23. The summed E-state index contributed by atoms with van der Waals surface area (Å²) in [7, 11) is 0. The highest BCUT2D eigenvalue weighted by Crippen LogP contribution is 2.44. The fourth-order valence-electron chi connectivity index (χ4n) is 1.88. The number of rotatable bonds is 1. The maximum atomic E-state index is 10.8. The Morgan fingerprint density at radius 1 is 1.06 bits per heavy atom. The maximum Gasteiger partial charge on any atom is 0.150 e. The molecule has 0 radical (unpaired) electrons. The Balaban J connectivity index is 2.07. The van der Waals surface area contributed by atoms with Gasteiger partial charge in [0, 0.05) is 15.4 Å². The van der Waals surface area contributed by atoms with Crippen LogP contribution in [0.3, 0.4) is 0 Å². The molecule has 84 valence electrons. The summed E-state index contributed by atoms with van der Waals surface area (Å²) < 4.78 is 0. The number of benzene rings is 2. The molecular weight excluding hydrogens is 230 g/mol. The number of aldehydes is 1. The predicted molar refractivity (Wildman–Crippen MR) is 70.4 cm³/mol. The zero-order valence-electron chi connectivity index (χ0n) is 9.36. The van der Waals surface area contributed by atoms with E-state index in [0.717, 1.165) is 22.6 Å². The Bertz CT molecular complexity index is 607. The van der Waals surface area contributed by atoms with Crippen molar-refractivity contribution in [2.75, 3.05) is 5.32 Å². The van der Waals surface area contributed by atoms with Gasteiger partial charge in [0.2, 0.25) is 0 Å². The van der Waals surface area contributed by atoms with Gasteiger partial charge in [0.1, 0.15) is 6.29 Å². The lowest BCUT2D eigenvalue weighted by Crippen LogP contribution is -2.00. The van der Waals surface area contributed by atoms with Crippen molar-refractivity contribution in [1.29, 1.82) is 0 Å². The van der Waals surface area contributed by atoms with E-state index in [1.807, 2.05) is 18.2 Å². The van der Waals surface area contributed by atoms with Crippen LogP contribution in [0.15, 0.2) is 46.2 Å². The zero-order chi connectivity index (χ0) is 11.8. The first kappa shape index (κ1) is 10.4. The molecular formula is C14H11NOS. The van der Waals surface area contributed by atoms with E-state index in [1.165, 1.54) is 10.5 Å². The van der Waals surface area contributed by atoms with Crippen LogP contribution in [0.1, 0.15) is 15.9 Å². The molecule has 0 amide bonds. The van der Waals surface area contributed by atoms with Crippen LogP contribution in [-0.2, 0) is 0 Å². The van der Waals surface area contributed by atoms with Gasteiger partial charge in [-0.1, -0.05) is 17.8 Å². The summed E-state index contributed by atoms with van der Waals surface area (Å²) in [4.78, 5) is 13.1. The Hall–Kier alpha value is -1.74. The third-order valence-electron chi connectivity index (χ3n) is 2.77. The summed E-state index contributed by atoms with van der Waals surface area (Å²) in [6, 6.07) is 12.0. The molecule has 2 aromatic carbocycles. The summed E-state index contributed by atoms with van der Waals surface area (Å²) in [5, 5.41) is 3.38. The summed E-state index contributed by atoms with van der Waals surface area (Å²) in [6.45, 7) is 2.08. The molecule has 0 saturated carbocycles. The first-order chi connectivity index (χ1) is 8.26. The molecule has 17 heavy (non-hydrogen) atoms. The van der Waals surface area contributed by atoms with E-state index in [9.17, 15) is 4.79 Å². The molecule has 1 aliphatic rings. The van der Waals surface area contributed by atoms with Gasteiger partial charge in [-0.25, -0.2) is 0 Å². The molecule has 0 saturated heterocycles. The number of nitrogens with one attached hydrogen (secondary N) is 1. The minimum Gasteiger partial charge on any atom is -0.354 e. The highest BCUT2D eigenvalue weighted by molar-refractivity contribution is 7.99. The smallest absolute Gasteiger partial charge is 0.150 e. The summed E-state index contributed by atoms with van der Waals surface area (Å²) >= 11 is 1.70. The lowest BCUT2D eigenvalue weighted by molar-refractivity contribution is 0.112. The van der Waals surface area contributed by atoms with E-state index in [2.05, 4.69) is 30.4 Å². The minimum absolute atomic E-state index is 0.717.